The Kier molecular flexibility index (Phi) is 1.87. The molecule has 2 aliphatic rings. The molecule has 3 atom stereocenters. The van der Waals surface area contributed by atoms with Crippen molar-refractivity contribution >= 4 is 0 Å². The van der Waals surface area contributed by atoms with Gasteiger partial charge in [-0.3, -0.25) is 0 Å². The highest BCUT2D eigenvalue weighted by Gasteiger charge is 2.37. The van der Waals surface area contributed by atoms with Crippen LogP contribution in [0.3, 0.4) is 0 Å². The Hall–Kier alpha value is -0.500. The maximum absolute atomic E-state index is 11.0. The Labute approximate surface area is 69.2 Å². The third-order valence-corrected chi connectivity index (χ3v) is 2.20. The van der Waals surface area contributed by atoms with Crippen LogP contribution in [0.2, 0.25) is 0 Å². The third-order valence-electron chi connectivity index (χ3n) is 2.20. The summed E-state index contributed by atoms with van der Waals surface area (Å²) in [4.78, 5) is 4.31. The zero-order chi connectivity index (χ0) is 8.72. The highest BCUT2D eigenvalue weighted by Crippen LogP contribution is 2.28. The molecule has 2 rings (SSSR count). The lowest BCUT2D eigenvalue weighted by Gasteiger charge is -2.34. The second-order valence-corrected chi connectivity index (χ2v) is 2.95. The monoisotopic (exact) mass is 171 g/mol. The van der Waals surface area contributed by atoms with Gasteiger partial charge in [0, 0.05) is 12.1 Å². The molecule has 0 amide bonds. The van der Waals surface area contributed by atoms with Gasteiger partial charge in [0.05, 0.1) is 6.04 Å². The van der Waals surface area contributed by atoms with Crippen LogP contribution < -0.4 is 5.73 Å². The summed E-state index contributed by atoms with van der Waals surface area (Å²) < 4.78 is 0. The molecule has 1 fully saturated rings. The van der Waals surface area contributed by atoms with E-state index in [1.807, 2.05) is 0 Å². The first-order valence-corrected chi connectivity index (χ1v) is 3.73. The first-order valence-electron chi connectivity index (χ1n) is 3.73. The van der Waals surface area contributed by atoms with Crippen molar-refractivity contribution in [3.05, 3.63) is 22.6 Å². The Bertz CT molecular complexity index is 210. The van der Waals surface area contributed by atoms with E-state index in [2.05, 4.69) is 4.94 Å². The van der Waals surface area contributed by atoms with Crippen molar-refractivity contribution < 1.29 is 4.94 Å². The van der Waals surface area contributed by atoms with Crippen molar-refractivity contribution in [2.45, 2.75) is 24.5 Å². The highest BCUT2D eigenvalue weighted by atomic mass is 17.1. The Morgan fingerprint density at radius 1 is 1.42 bits per heavy atom. The molecule has 68 valence electrons. The minimum absolute atomic E-state index is 0.284. The van der Waals surface area contributed by atoms with Crippen molar-refractivity contribution in [3.63, 3.8) is 0 Å². The molecule has 6 heteroatoms. The van der Waals surface area contributed by atoms with Gasteiger partial charge in [-0.05, 0) is 6.42 Å². The molecule has 2 N–H and O–H groups in total. The number of rotatable bonds is 0. The van der Waals surface area contributed by atoms with E-state index >= 15 is 0 Å². The number of fused-ring (bicyclic) bond motifs is 1. The minimum Gasteiger partial charge on any atom is -0.760 e. The van der Waals surface area contributed by atoms with Crippen LogP contribution in [0.15, 0.2) is 12.2 Å². The molecule has 6 nitrogen and oxygen atoms in total. The summed E-state index contributed by atoms with van der Waals surface area (Å²) >= 11 is 0. The summed E-state index contributed by atoms with van der Waals surface area (Å²) in [6.45, 7) is 0. The quantitative estimate of drug-likeness (QED) is 0.493. The summed E-state index contributed by atoms with van der Waals surface area (Å²) in [6, 6.07) is -1.44. The van der Waals surface area contributed by atoms with Gasteiger partial charge in [0.25, 0.3) is 0 Å². The Balaban J connectivity index is 2.21. The van der Waals surface area contributed by atoms with Crippen molar-refractivity contribution in [2.24, 2.45) is 5.73 Å². The van der Waals surface area contributed by atoms with Gasteiger partial charge in [-0.1, -0.05) is 12.2 Å². The van der Waals surface area contributed by atoms with E-state index in [1.165, 1.54) is 0 Å². The number of nitrogens with two attached hydrogens (primary N) is 1. The average molecular weight is 171 g/mol. The summed E-state index contributed by atoms with van der Waals surface area (Å²) in [7, 11) is 0. The van der Waals surface area contributed by atoms with Crippen LogP contribution in [-0.4, -0.2) is 28.6 Å². The largest absolute Gasteiger partial charge is 0.760 e. The van der Waals surface area contributed by atoms with Gasteiger partial charge in [0.2, 0.25) is 0 Å². The van der Waals surface area contributed by atoms with Gasteiger partial charge < -0.3 is 16.1 Å². The van der Waals surface area contributed by atoms with Crippen molar-refractivity contribution in [3.8, 4) is 0 Å². The van der Waals surface area contributed by atoms with Gasteiger partial charge in [-0.2, -0.15) is 0 Å². The molecule has 3 unspecified atom stereocenters. The van der Waals surface area contributed by atoms with E-state index in [0.717, 1.165) is 0 Å². The molecule has 0 radical (unpaired) electrons. The van der Waals surface area contributed by atoms with Crippen molar-refractivity contribution in [2.75, 3.05) is 0 Å². The number of hydroxylamine groups is 4. The normalized spacial score (nSPS) is 43.4. The minimum atomic E-state index is -0.563. The summed E-state index contributed by atoms with van der Waals surface area (Å²) in [6.07, 6.45) is 4.02. The molecular weight excluding hydrogens is 162 g/mol. The second kappa shape index (κ2) is 2.77. The molecule has 1 saturated heterocycles. The van der Waals surface area contributed by atoms with Crippen LogP contribution in [0.25, 0.3) is 0 Å². The molecule has 0 bridgehead atoms. The maximum atomic E-state index is 11.0. The van der Waals surface area contributed by atoms with Crippen LogP contribution >= 0.6 is 0 Å². The van der Waals surface area contributed by atoms with E-state index in [0.29, 0.717) is 11.6 Å². The summed E-state index contributed by atoms with van der Waals surface area (Å²) in [5.41, 5.74) is 5.60. The fourth-order valence-electron chi connectivity index (χ4n) is 1.57. The Morgan fingerprint density at radius 2 is 2.17 bits per heavy atom. The number of hydrogen-bond donors (Lipinski definition) is 1. The molecule has 1 aliphatic carbocycles. The van der Waals surface area contributed by atoms with E-state index < -0.39 is 18.1 Å². The lowest BCUT2D eigenvalue weighted by molar-refractivity contribution is -0.234. The van der Waals surface area contributed by atoms with Crippen molar-refractivity contribution in [1.82, 2.24) is 10.5 Å². The van der Waals surface area contributed by atoms with Crippen LogP contribution in [0.4, 0.5) is 0 Å². The first kappa shape index (κ1) is 8.11. The van der Waals surface area contributed by atoms with Crippen molar-refractivity contribution in [1.29, 1.82) is 0 Å². The van der Waals surface area contributed by atoms with Crippen LogP contribution in [0.5, 0.6) is 0 Å². The summed E-state index contributed by atoms with van der Waals surface area (Å²) in [5, 5.41) is 22.5. The molecule has 0 spiro atoms. The van der Waals surface area contributed by atoms with Gasteiger partial charge in [-0.25, -0.2) is 15.4 Å². The summed E-state index contributed by atoms with van der Waals surface area (Å²) in [5.74, 6) is 0. The van der Waals surface area contributed by atoms with E-state index in [-0.39, 0.29) is 5.23 Å². The number of hydrogen-bond acceptors (Lipinski definition) is 6. The van der Waals surface area contributed by atoms with E-state index in [1.54, 1.807) is 12.2 Å². The zero-order valence-corrected chi connectivity index (χ0v) is 6.29. The smallest absolute Gasteiger partial charge is 0.0596 e. The fraction of sp³-hybridized carbons (Fsp3) is 0.667. The van der Waals surface area contributed by atoms with Crippen LogP contribution in [0, 0.1) is 10.4 Å². The lowest BCUT2D eigenvalue weighted by atomic mass is 9.93. The van der Waals surface area contributed by atoms with E-state index in [4.69, 9.17) is 5.73 Å². The van der Waals surface area contributed by atoms with Gasteiger partial charge in [-0.15, -0.1) is 0 Å². The zero-order valence-electron chi connectivity index (χ0n) is 6.29. The predicted octanol–water partition coefficient (Wildman–Crippen LogP) is -0.529. The van der Waals surface area contributed by atoms with Gasteiger partial charge in [0.15, 0.2) is 0 Å². The third kappa shape index (κ3) is 1.06. The molecule has 12 heavy (non-hydrogen) atoms. The SMILES string of the molecule is NC1C=CCC2C1N([O-])ON2[O-]. The molecule has 0 aromatic carbocycles. The molecule has 1 aliphatic heterocycles. The second-order valence-electron chi connectivity index (χ2n) is 2.95. The first-order chi connectivity index (χ1) is 5.70. The van der Waals surface area contributed by atoms with Crippen LogP contribution in [-0.2, 0) is 4.94 Å². The Morgan fingerprint density at radius 3 is 2.83 bits per heavy atom. The highest BCUT2D eigenvalue weighted by molar-refractivity contribution is 5.10. The topological polar surface area (TPSA) is 87.8 Å². The molecular formula is C6H9N3O3-2. The maximum Gasteiger partial charge on any atom is 0.0596 e. The van der Waals surface area contributed by atoms with Crippen LogP contribution in [0.1, 0.15) is 6.42 Å². The molecule has 0 saturated carbocycles. The van der Waals surface area contributed by atoms with E-state index in [9.17, 15) is 10.4 Å². The van der Waals surface area contributed by atoms with Gasteiger partial charge in [0.1, 0.15) is 0 Å². The fourth-order valence-corrected chi connectivity index (χ4v) is 1.57. The number of nitrogens with zero attached hydrogens (tertiary/aromatic N) is 2. The molecule has 0 aromatic heterocycles. The predicted molar refractivity (Wildman–Crippen MR) is 40.8 cm³/mol. The molecule has 1 heterocycles. The standard InChI is InChI=1S/C6H9N3O3/c7-4-2-1-3-5-6(4)9(11)12-8(5)10/h1-2,4-6H,3,7H2/q-2. The average Bonchev–Trinajstić information content (AvgIpc) is 2.29. The lowest BCUT2D eigenvalue weighted by Crippen LogP contribution is -2.48. The van der Waals surface area contributed by atoms with Gasteiger partial charge >= 0.3 is 0 Å². The molecule has 0 aromatic rings.